The lowest BCUT2D eigenvalue weighted by molar-refractivity contribution is -0.206. The number of aliphatic hydroxyl groups excluding tert-OH is 1. The molecule has 0 aliphatic heterocycles. The number of ether oxygens (including phenoxy) is 1. The van der Waals surface area contributed by atoms with Crippen molar-refractivity contribution in [1.29, 1.82) is 5.26 Å². The van der Waals surface area contributed by atoms with E-state index in [1.54, 1.807) is 37.0 Å². The van der Waals surface area contributed by atoms with Crippen LogP contribution in [0.5, 0.6) is 11.6 Å². The van der Waals surface area contributed by atoms with Crippen LogP contribution in [0.2, 0.25) is 0 Å². The molecule has 0 aliphatic rings. The number of nitrogens with one attached hydrogen (secondary N) is 1. The third-order valence-corrected chi connectivity index (χ3v) is 4.71. The topological polar surface area (TPSA) is 122 Å². The molecule has 4 rings (SSSR count). The second-order valence-electron chi connectivity index (χ2n) is 7.13. The second kappa shape index (κ2) is 8.36. The molecule has 0 aliphatic carbocycles. The largest absolute Gasteiger partial charge is 0.437 e. The van der Waals surface area contributed by atoms with Crippen molar-refractivity contribution in [2.45, 2.75) is 19.2 Å². The Morgan fingerprint density at radius 1 is 1.18 bits per heavy atom. The normalized spacial score (nSPS) is 12.4. The van der Waals surface area contributed by atoms with Crippen LogP contribution >= 0.6 is 0 Å². The van der Waals surface area contributed by atoms with Crippen molar-refractivity contribution >= 4 is 22.7 Å². The first-order valence-electron chi connectivity index (χ1n) is 9.50. The molecule has 0 bridgehead atoms. The average Bonchev–Trinajstić information content (AvgIpc) is 3.15. The highest BCUT2D eigenvalue weighted by molar-refractivity contribution is 5.88. The van der Waals surface area contributed by atoms with E-state index in [1.165, 1.54) is 12.3 Å². The van der Waals surface area contributed by atoms with Crippen molar-refractivity contribution < 1.29 is 23.0 Å². The van der Waals surface area contributed by atoms with E-state index in [-0.39, 0.29) is 23.0 Å². The molecule has 0 saturated carbocycles. The van der Waals surface area contributed by atoms with Gasteiger partial charge in [0.05, 0.1) is 18.2 Å². The Kier molecular flexibility index (Phi) is 5.57. The molecule has 1 atom stereocenters. The zero-order valence-corrected chi connectivity index (χ0v) is 17.3. The van der Waals surface area contributed by atoms with E-state index < -0.39 is 12.3 Å². The lowest BCUT2D eigenvalue weighted by Gasteiger charge is -2.15. The van der Waals surface area contributed by atoms with Gasteiger partial charge in [-0.3, -0.25) is 0 Å². The summed E-state index contributed by atoms with van der Waals surface area (Å²) < 4.78 is 45.7. The van der Waals surface area contributed by atoms with Crippen LogP contribution in [0.25, 0.3) is 11.2 Å². The van der Waals surface area contributed by atoms with Crippen LogP contribution in [-0.4, -0.2) is 35.8 Å². The third-order valence-electron chi connectivity index (χ3n) is 4.71. The summed E-state index contributed by atoms with van der Waals surface area (Å²) in [6.07, 6.45) is -3.49. The summed E-state index contributed by atoms with van der Waals surface area (Å²) >= 11 is 0. The number of nitrogens with zero attached hydrogens (tertiary/aromatic N) is 6. The number of aryl methyl sites for hydroxylation is 2. The fourth-order valence-corrected chi connectivity index (χ4v) is 3.01. The summed E-state index contributed by atoms with van der Waals surface area (Å²) in [6, 6.07) is 7.54. The van der Waals surface area contributed by atoms with Gasteiger partial charge in [-0.2, -0.15) is 23.4 Å². The van der Waals surface area contributed by atoms with Gasteiger partial charge >= 0.3 is 6.18 Å². The van der Waals surface area contributed by atoms with E-state index >= 15 is 0 Å². The van der Waals surface area contributed by atoms with Crippen molar-refractivity contribution in [2.75, 3.05) is 5.32 Å². The molecule has 4 heterocycles. The first-order valence-corrected chi connectivity index (χ1v) is 9.50. The highest BCUT2D eigenvalue weighted by Gasteiger charge is 2.39. The van der Waals surface area contributed by atoms with Gasteiger partial charge in [-0.25, -0.2) is 15.0 Å². The predicted molar refractivity (Wildman–Crippen MR) is 111 cm³/mol. The molecule has 1 unspecified atom stereocenters. The van der Waals surface area contributed by atoms with E-state index in [2.05, 4.69) is 25.3 Å². The summed E-state index contributed by atoms with van der Waals surface area (Å²) in [6.45, 7) is 1.76. The molecule has 0 fully saturated rings. The number of pyridine rings is 3. The number of halogens is 3. The van der Waals surface area contributed by atoms with Crippen LogP contribution in [0, 0.1) is 18.3 Å². The summed E-state index contributed by atoms with van der Waals surface area (Å²) in [4.78, 5) is 16.7. The van der Waals surface area contributed by atoms with Gasteiger partial charge in [-0.15, -0.1) is 0 Å². The highest BCUT2D eigenvalue weighted by Crippen LogP contribution is 2.34. The van der Waals surface area contributed by atoms with Gasteiger partial charge < -0.3 is 19.7 Å². The standard InChI is InChI=1S/C21H16F3N7O2/c1-11-5-13(7-25)26-9-15(11)33-17-6-14(18-20(30-17)31(2)10-28-18)29-16-4-3-12(8-27-16)19(32)21(22,23)24/h3-6,8-10,19,32H,1-2H3,(H,27,29,30). The minimum Gasteiger partial charge on any atom is -0.437 e. The minimum absolute atomic E-state index is 0.201. The quantitative estimate of drug-likeness (QED) is 0.462. The molecule has 33 heavy (non-hydrogen) atoms. The maximum absolute atomic E-state index is 12.7. The van der Waals surface area contributed by atoms with Crippen molar-refractivity contribution in [1.82, 2.24) is 24.5 Å². The smallest absolute Gasteiger partial charge is 0.418 e. The van der Waals surface area contributed by atoms with Crippen LogP contribution in [0.4, 0.5) is 24.7 Å². The maximum atomic E-state index is 12.7. The minimum atomic E-state index is -4.79. The third kappa shape index (κ3) is 4.53. The number of imidazole rings is 1. The lowest BCUT2D eigenvalue weighted by atomic mass is 10.1. The predicted octanol–water partition coefficient (Wildman–Crippen LogP) is 4.07. The molecule has 0 amide bonds. The van der Waals surface area contributed by atoms with Crippen LogP contribution in [0.15, 0.2) is 43.0 Å². The molecule has 4 aromatic rings. The number of fused-ring (bicyclic) bond motifs is 1. The van der Waals surface area contributed by atoms with E-state index in [4.69, 9.17) is 10.00 Å². The molecule has 0 aromatic carbocycles. The maximum Gasteiger partial charge on any atom is 0.418 e. The van der Waals surface area contributed by atoms with E-state index in [9.17, 15) is 18.3 Å². The van der Waals surface area contributed by atoms with Gasteiger partial charge in [0, 0.05) is 24.9 Å². The molecular weight excluding hydrogens is 439 g/mol. The fourth-order valence-electron chi connectivity index (χ4n) is 3.01. The number of alkyl halides is 3. The Labute approximate surface area is 185 Å². The van der Waals surface area contributed by atoms with Gasteiger partial charge in [-0.1, -0.05) is 6.07 Å². The lowest BCUT2D eigenvalue weighted by Crippen LogP contribution is -2.20. The monoisotopic (exact) mass is 455 g/mol. The van der Waals surface area contributed by atoms with Crippen LogP contribution in [-0.2, 0) is 7.05 Å². The van der Waals surface area contributed by atoms with Gasteiger partial charge in [0.25, 0.3) is 0 Å². The molecule has 0 radical (unpaired) electrons. The zero-order valence-electron chi connectivity index (χ0n) is 17.3. The van der Waals surface area contributed by atoms with Crippen LogP contribution in [0.1, 0.15) is 22.9 Å². The van der Waals surface area contributed by atoms with Crippen molar-refractivity contribution in [3.05, 3.63) is 59.8 Å². The molecule has 9 nitrogen and oxygen atoms in total. The van der Waals surface area contributed by atoms with Crippen molar-refractivity contribution in [2.24, 2.45) is 7.05 Å². The Balaban J connectivity index is 1.66. The van der Waals surface area contributed by atoms with Crippen LogP contribution < -0.4 is 10.1 Å². The van der Waals surface area contributed by atoms with E-state index in [1.807, 2.05) is 6.07 Å². The first-order chi connectivity index (χ1) is 15.7. The molecule has 0 saturated heterocycles. The summed E-state index contributed by atoms with van der Waals surface area (Å²) in [5.74, 6) is 0.832. The number of aliphatic hydroxyl groups is 1. The van der Waals surface area contributed by atoms with Gasteiger partial charge in [0.1, 0.15) is 23.1 Å². The zero-order chi connectivity index (χ0) is 23.8. The summed E-state index contributed by atoms with van der Waals surface area (Å²) in [5.41, 5.74) is 1.98. The summed E-state index contributed by atoms with van der Waals surface area (Å²) in [5, 5.41) is 21.3. The number of nitriles is 1. The average molecular weight is 455 g/mol. The molecule has 12 heteroatoms. The van der Waals surface area contributed by atoms with Crippen LogP contribution in [0.3, 0.4) is 0 Å². The fraction of sp³-hybridized carbons (Fsp3) is 0.190. The Morgan fingerprint density at radius 2 is 1.97 bits per heavy atom. The molecular formula is C21H16F3N7O2. The SMILES string of the molecule is Cc1cc(C#N)ncc1Oc1cc(Nc2ccc(C(O)C(F)(F)F)cn2)c2ncn(C)c2n1. The second-order valence-corrected chi connectivity index (χ2v) is 7.13. The molecule has 0 spiro atoms. The molecule has 2 N–H and O–H groups in total. The number of rotatable bonds is 5. The molecule has 4 aromatic heterocycles. The molecule has 168 valence electrons. The Morgan fingerprint density at radius 3 is 2.61 bits per heavy atom. The number of aromatic nitrogens is 5. The Hall–Kier alpha value is -4.24. The van der Waals surface area contributed by atoms with Gasteiger partial charge in [0.15, 0.2) is 17.5 Å². The number of anilines is 2. The highest BCUT2D eigenvalue weighted by atomic mass is 19.4. The first kappa shape index (κ1) is 22.0. The van der Waals surface area contributed by atoms with Crippen molar-refractivity contribution in [3.63, 3.8) is 0 Å². The number of hydrogen-bond acceptors (Lipinski definition) is 8. The van der Waals surface area contributed by atoms with E-state index in [0.717, 1.165) is 12.3 Å². The summed E-state index contributed by atoms with van der Waals surface area (Å²) in [7, 11) is 1.75. The van der Waals surface area contributed by atoms with Crippen molar-refractivity contribution in [3.8, 4) is 17.7 Å². The van der Waals surface area contributed by atoms with Gasteiger partial charge in [-0.05, 0) is 24.6 Å². The van der Waals surface area contributed by atoms with Gasteiger partial charge in [0.2, 0.25) is 5.88 Å². The number of hydrogen-bond donors (Lipinski definition) is 2. The Bertz CT molecular complexity index is 1360. The van der Waals surface area contributed by atoms with E-state index in [0.29, 0.717) is 28.2 Å².